The van der Waals surface area contributed by atoms with E-state index in [0.29, 0.717) is 17.1 Å². The van der Waals surface area contributed by atoms with Crippen LogP contribution in [0.2, 0.25) is 0 Å². The van der Waals surface area contributed by atoms with Crippen molar-refractivity contribution >= 4 is 5.69 Å². The summed E-state index contributed by atoms with van der Waals surface area (Å²) in [5.74, 6) is -1.71. The molecule has 4 heteroatoms. The second-order valence-corrected chi connectivity index (χ2v) is 3.93. The summed E-state index contributed by atoms with van der Waals surface area (Å²) < 4.78 is 27.2. The molecular weight excluding hydrogens is 222 g/mol. The van der Waals surface area contributed by atoms with Crippen molar-refractivity contribution in [2.24, 2.45) is 0 Å². The van der Waals surface area contributed by atoms with Gasteiger partial charge in [-0.15, -0.1) is 0 Å². The third-order valence-corrected chi connectivity index (χ3v) is 2.68. The van der Waals surface area contributed by atoms with Gasteiger partial charge in [0.05, 0.1) is 17.1 Å². The van der Waals surface area contributed by atoms with Crippen LogP contribution < -0.4 is 5.73 Å². The molecule has 0 aliphatic rings. The Kier molecular flexibility index (Phi) is 2.79. The molecule has 1 aromatic carbocycles. The molecule has 2 rings (SSSR count). The molecule has 0 unspecified atom stereocenters. The highest BCUT2D eigenvalue weighted by molar-refractivity contribution is 5.63. The summed E-state index contributed by atoms with van der Waals surface area (Å²) in [5, 5.41) is 0. The molecule has 1 heterocycles. The van der Waals surface area contributed by atoms with E-state index in [1.54, 1.807) is 19.1 Å². The summed E-state index contributed by atoms with van der Waals surface area (Å²) >= 11 is 0. The largest absolute Gasteiger partial charge is 0.397 e. The summed E-state index contributed by atoms with van der Waals surface area (Å²) in [7, 11) is 0. The molecule has 0 saturated carbocycles. The van der Waals surface area contributed by atoms with Crippen molar-refractivity contribution in [2.45, 2.75) is 13.8 Å². The first kappa shape index (κ1) is 11.5. The van der Waals surface area contributed by atoms with Crippen molar-refractivity contribution in [3.05, 3.63) is 47.2 Å². The van der Waals surface area contributed by atoms with E-state index < -0.39 is 11.6 Å². The zero-order valence-corrected chi connectivity index (χ0v) is 9.59. The highest BCUT2D eigenvalue weighted by atomic mass is 19.2. The zero-order chi connectivity index (χ0) is 12.6. The number of halogens is 2. The zero-order valence-electron chi connectivity index (χ0n) is 9.59. The van der Waals surface area contributed by atoms with Gasteiger partial charge in [0.25, 0.3) is 0 Å². The average Bonchev–Trinajstić information content (AvgIpc) is 2.30. The molecule has 0 aliphatic heterocycles. The fraction of sp³-hybridized carbons (Fsp3) is 0.154. The molecule has 0 aliphatic carbocycles. The minimum atomic E-state index is -0.873. The van der Waals surface area contributed by atoms with Gasteiger partial charge < -0.3 is 5.73 Å². The molecular formula is C13H12F2N2. The lowest BCUT2D eigenvalue weighted by molar-refractivity contribution is 0.505. The first-order valence-electron chi connectivity index (χ1n) is 5.19. The number of pyridine rings is 1. The molecule has 0 radical (unpaired) electrons. The number of anilines is 1. The molecule has 0 fully saturated rings. The Morgan fingerprint density at radius 1 is 1.00 bits per heavy atom. The second-order valence-electron chi connectivity index (χ2n) is 3.93. The van der Waals surface area contributed by atoms with Crippen LogP contribution in [0.4, 0.5) is 14.5 Å². The Morgan fingerprint density at radius 3 is 2.35 bits per heavy atom. The number of nitrogens with two attached hydrogens (primary N) is 1. The Labute approximate surface area is 98.1 Å². The summed E-state index contributed by atoms with van der Waals surface area (Å²) in [5.41, 5.74) is 7.57. The van der Waals surface area contributed by atoms with Gasteiger partial charge in [-0.3, -0.25) is 4.98 Å². The standard InChI is InChI=1S/C13H12F2N2/c1-7-3-4-9(13(15)12(7)14)11-6-5-10(16)8(2)17-11/h3-6H,16H2,1-2H3. The van der Waals surface area contributed by atoms with E-state index in [2.05, 4.69) is 4.98 Å². The van der Waals surface area contributed by atoms with E-state index in [0.717, 1.165) is 0 Å². The minimum Gasteiger partial charge on any atom is -0.397 e. The van der Waals surface area contributed by atoms with Crippen LogP contribution in [0.15, 0.2) is 24.3 Å². The monoisotopic (exact) mass is 234 g/mol. The van der Waals surface area contributed by atoms with Gasteiger partial charge in [0, 0.05) is 5.56 Å². The average molecular weight is 234 g/mol. The van der Waals surface area contributed by atoms with Crippen molar-refractivity contribution in [2.75, 3.05) is 5.73 Å². The van der Waals surface area contributed by atoms with E-state index >= 15 is 0 Å². The number of rotatable bonds is 1. The van der Waals surface area contributed by atoms with E-state index in [4.69, 9.17) is 5.73 Å². The Hall–Kier alpha value is -1.97. The fourth-order valence-electron chi connectivity index (χ4n) is 1.57. The van der Waals surface area contributed by atoms with Crippen molar-refractivity contribution in [3.63, 3.8) is 0 Å². The molecule has 0 amide bonds. The summed E-state index contributed by atoms with van der Waals surface area (Å²) in [6.07, 6.45) is 0. The molecule has 1 aromatic heterocycles. The number of nitrogens with zero attached hydrogens (tertiary/aromatic N) is 1. The molecule has 2 nitrogen and oxygen atoms in total. The number of nitrogen functional groups attached to an aromatic ring is 1. The lowest BCUT2D eigenvalue weighted by atomic mass is 10.1. The quantitative estimate of drug-likeness (QED) is 0.822. The Morgan fingerprint density at radius 2 is 1.71 bits per heavy atom. The maximum atomic E-state index is 13.7. The van der Waals surface area contributed by atoms with Gasteiger partial charge in [-0.2, -0.15) is 0 Å². The van der Waals surface area contributed by atoms with Crippen molar-refractivity contribution < 1.29 is 8.78 Å². The van der Waals surface area contributed by atoms with Crippen molar-refractivity contribution in [1.29, 1.82) is 0 Å². The molecule has 88 valence electrons. The highest BCUT2D eigenvalue weighted by Gasteiger charge is 2.13. The van der Waals surface area contributed by atoms with Gasteiger partial charge in [-0.25, -0.2) is 8.78 Å². The van der Waals surface area contributed by atoms with E-state index in [1.165, 1.54) is 19.1 Å². The normalized spacial score (nSPS) is 10.6. The molecule has 0 saturated heterocycles. The van der Waals surface area contributed by atoms with Crippen LogP contribution in [0.5, 0.6) is 0 Å². The molecule has 0 bridgehead atoms. The number of aromatic nitrogens is 1. The van der Waals surface area contributed by atoms with Gasteiger partial charge in [-0.05, 0) is 37.6 Å². The smallest absolute Gasteiger partial charge is 0.168 e. The van der Waals surface area contributed by atoms with E-state index in [1.807, 2.05) is 0 Å². The Bertz CT molecular complexity index is 580. The predicted octanol–water partition coefficient (Wildman–Crippen LogP) is 3.23. The minimum absolute atomic E-state index is 0.149. The molecule has 0 atom stereocenters. The predicted molar refractivity (Wildman–Crippen MR) is 63.5 cm³/mol. The first-order chi connectivity index (χ1) is 8.00. The maximum absolute atomic E-state index is 13.7. The van der Waals surface area contributed by atoms with E-state index in [9.17, 15) is 8.78 Å². The van der Waals surface area contributed by atoms with Crippen LogP contribution in [-0.2, 0) is 0 Å². The van der Waals surface area contributed by atoms with Crippen molar-refractivity contribution in [3.8, 4) is 11.3 Å². The van der Waals surface area contributed by atoms with Gasteiger partial charge in [0.1, 0.15) is 0 Å². The third kappa shape index (κ3) is 1.98. The fourth-order valence-corrected chi connectivity index (χ4v) is 1.57. The van der Waals surface area contributed by atoms with Crippen molar-refractivity contribution in [1.82, 2.24) is 4.98 Å². The van der Waals surface area contributed by atoms with Crippen LogP contribution in [0.1, 0.15) is 11.3 Å². The molecule has 0 spiro atoms. The Balaban J connectivity index is 2.61. The molecule has 2 aromatic rings. The first-order valence-corrected chi connectivity index (χ1v) is 5.19. The number of hydrogen-bond acceptors (Lipinski definition) is 2. The number of benzene rings is 1. The van der Waals surface area contributed by atoms with E-state index in [-0.39, 0.29) is 11.1 Å². The van der Waals surface area contributed by atoms with Crippen LogP contribution in [-0.4, -0.2) is 4.98 Å². The lowest BCUT2D eigenvalue weighted by Crippen LogP contribution is -1.98. The number of hydrogen-bond donors (Lipinski definition) is 1. The third-order valence-electron chi connectivity index (χ3n) is 2.68. The second kappa shape index (κ2) is 4.13. The topological polar surface area (TPSA) is 38.9 Å². The van der Waals surface area contributed by atoms with Gasteiger partial charge in [0.15, 0.2) is 11.6 Å². The SMILES string of the molecule is Cc1ccc(-c2ccc(N)c(C)n2)c(F)c1F. The maximum Gasteiger partial charge on any atom is 0.168 e. The van der Waals surface area contributed by atoms with Crippen LogP contribution in [0, 0.1) is 25.5 Å². The number of aryl methyl sites for hydroxylation is 2. The van der Waals surface area contributed by atoms with Crippen LogP contribution in [0.25, 0.3) is 11.3 Å². The summed E-state index contributed by atoms with van der Waals surface area (Å²) in [6, 6.07) is 6.26. The molecule has 17 heavy (non-hydrogen) atoms. The van der Waals surface area contributed by atoms with Crippen LogP contribution in [0.3, 0.4) is 0 Å². The van der Waals surface area contributed by atoms with Gasteiger partial charge >= 0.3 is 0 Å². The van der Waals surface area contributed by atoms with Crippen LogP contribution >= 0.6 is 0 Å². The molecule has 2 N–H and O–H groups in total. The van der Waals surface area contributed by atoms with Gasteiger partial charge in [-0.1, -0.05) is 6.07 Å². The highest BCUT2D eigenvalue weighted by Crippen LogP contribution is 2.25. The summed E-state index contributed by atoms with van der Waals surface area (Å²) in [4.78, 5) is 4.14. The lowest BCUT2D eigenvalue weighted by Gasteiger charge is -2.07. The summed E-state index contributed by atoms with van der Waals surface area (Å²) in [6.45, 7) is 3.24. The van der Waals surface area contributed by atoms with Gasteiger partial charge in [0.2, 0.25) is 0 Å².